The number of aryl methyl sites for hydroxylation is 1. The van der Waals surface area contributed by atoms with Gasteiger partial charge in [0.2, 0.25) is 0 Å². The van der Waals surface area contributed by atoms with E-state index in [2.05, 4.69) is 44.8 Å². The fourth-order valence-electron chi connectivity index (χ4n) is 2.78. The number of nitrogens with zero attached hydrogens (tertiary/aromatic N) is 3. The molecule has 1 N–H and O–H groups in total. The summed E-state index contributed by atoms with van der Waals surface area (Å²) in [6, 6.07) is 6.07. The van der Waals surface area contributed by atoms with Gasteiger partial charge in [-0.25, -0.2) is 0 Å². The van der Waals surface area contributed by atoms with Crippen LogP contribution in [-0.2, 0) is 0 Å². The van der Waals surface area contributed by atoms with E-state index in [0.717, 1.165) is 26.2 Å². The molecular formula is C16H22N4O2S. The van der Waals surface area contributed by atoms with Crippen molar-refractivity contribution in [2.24, 2.45) is 0 Å². The van der Waals surface area contributed by atoms with Gasteiger partial charge in [0.05, 0.1) is 6.04 Å². The van der Waals surface area contributed by atoms with Crippen molar-refractivity contribution in [2.75, 3.05) is 39.8 Å². The molecule has 124 valence electrons. The van der Waals surface area contributed by atoms with Gasteiger partial charge in [0.1, 0.15) is 5.76 Å². The molecule has 6 nitrogen and oxygen atoms in total. The summed E-state index contributed by atoms with van der Waals surface area (Å²) in [4.78, 5) is 18.3. The van der Waals surface area contributed by atoms with Gasteiger partial charge >= 0.3 is 0 Å². The number of nitrogens with one attached hydrogen (secondary N) is 1. The molecule has 1 saturated heterocycles. The maximum absolute atomic E-state index is 12.2. The van der Waals surface area contributed by atoms with Crippen LogP contribution in [-0.4, -0.2) is 60.6 Å². The van der Waals surface area contributed by atoms with E-state index in [1.165, 1.54) is 4.88 Å². The number of rotatable bonds is 5. The Kier molecular flexibility index (Phi) is 5.09. The highest BCUT2D eigenvalue weighted by Crippen LogP contribution is 2.25. The quantitative estimate of drug-likeness (QED) is 0.903. The summed E-state index contributed by atoms with van der Waals surface area (Å²) >= 11 is 1.74. The monoisotopic (exact) mass is 334 g/mol. The number of amides is 1. The molecule has 0 bridgehead atoms. The van der Waals surface area contributed by atoms with E-state index < -0.39 is 0 Å². The van der Waals surface area contributed by atoms with Crippen LogP contribution in [0.5, 0.6) is 0 Å². The average molecular weight is 334 g/mol. The molecule has 0 aliphatic carbocycles. The molecule has 0 unspecified atom stereocenters. The van der Waals surface area contributed by atoms with E-state index in [1.54, 1.807) is 24.3 Å². The molecule has 0 spiro atoms. The number of hydrogen-bond acceptors (Lipinski definition) is 6. The van der Waals surface area contributed by atoms with Gasteiger partial charge in [0.25, 0.3) is 5.91 Å². The van der Waals surface area contributed by atoms with Gasteiger partial charge in [-0.3, -0.25) is 9.69 Å². The number of carbonyl (C=O) groups is 1. The summed E-state index contributed by atoms with van der Waals surface area (Å²) in [6.07, 6.45) is 0. The van der Waals surface area contributed by atoms with Crippen LogP contribution < -0.4 is 5.32 Å². The van der Waals surface area contributed by atoms with Crippen LogP contribution in [0.3, 0.4) is 0 Å². The van der Waals surface area contributed by atoms with Crippen LogP contribution >= 0.6 is 11.3 Å². The van der Waals surface area contributed by atoms with Crippen LogP contribution in [0.1, 0.15) is 27.2 Å². The zero-order chi connectivity index (χ0) is 16.2. The lowest BCUT2D eigenvalue weighted by atomic mass is 10.1. The first-order valence-electron chi connectivity index (χ1n) is 7.81. The molecule has 23 heavy (non-hydrogen) atoms. The van der Waals surface area contributed by atoms with Gasteiger partial charge in [0, 0.05) is 43.7 Å². The maximum atomic E-state index is 12.2. The minimum absolute atomic E-state index is 0.183. The first kappa shape index (κ1) is 16.2. The second-order valence-electron chi connectivity index (χ2n) is 5.90. The third kappa shape index (κ3) is 3.99. The maximum Gasteiger partial charge on any atom is 0.273 e. The van der Waals surface area contributed by atoms with Crippen molar-refractivity contribution in [1.29, 1.82) is 0 Å². The Morgan fingerprint density at radius 1 is 1.43 bits per heavy atom. The minimum Gasteiger partial charge on any atom is -0.361 e. The van der Waals surface area contributed by atoms with Crippen molar-refractivity contribution < 1.29 is 9.32 Å². The molecule has 1 amide bonds. The normalized spacial score (nSPS) is 18.0. The molecule has 2 aromatic rings. The van der Waals surface area contributed by atoms with Gasteiger partial charge in [-0.2, -0.15) is 0 Å². The number of aromatic nitrogens is 1. The largest absolute Gasteiger partial charge is 0.361 e. The van der Waals surface area contributed by atoms with Crippen LogP contribution in [0.15, 0.2) is 28.1 Å². The second-order valence-corrected chi connectivity index (χ2v) is 6.88. The number of hydrogen-bond donors (Lipinski definition) is 1. The molecule has 1 fully saturated rings. The Bertz CT molecular complexity index is 632. The zero-order valence-corrected chi connectivity index (χ0v) is 14.3. The lowest BCUT2D eigenvalue weighted by Gasteiger charge is -2.37. The van der Waals surface area contributed by atoms with Crippen molar-refractivity contribution in [2.45, 2.75) is 13.0 Å². The van der Waals surface area contributed by atoms with E-state index in [0.29, 0.717) is 18.0 Å². The van der Waals surface area contributed by atoms with Crippen LogP contribution in [0.25, 0.3) is 0 Å². The van der Waals surface area contributed by atoms with Gasteiger partial charge in [-0.05, 0) is 25.4 Å². The Morgan fingerprint density at radius 2 is 2.22 bits per heavy atom. The Morgan fingerprint density at radius 3 is 2.83 bits per heavy atom. The van der Waals surface area contributed by atoms with E-state index in [-0.39, 0.29) is 11.9 Å². The lowest BCUT2D eigenvalue weighted by molar-refractivity contribution is 0.0882. The highest BCUT2D eigenvalue weighted by Gasteiger charge is 2.25. The molecule has 3 heterocycles. The minimum atomic E-state index is -0.183. The first-order valence-corrected chi connectivity index (χ1v) is 8.69. The topological polar surface area (TPSA) is 61.6 Å². The van der Waals surface area contributed by atoms with Gasteiger partial charge in [-0.15, -0.1) is 11.3 Å². The van der Waals surface area contributed by atoms with E-state index >= 15 is 0 Å². The van der Waals surface area contributed by atoms with Crippen LogP contribution in [0.4, 0.5) is 0 Å². The van der Waals surface area contributed by atoms with Crippen molar-refractivity contribution >= 4 is 17.2 Å². The highest BCUT2D eigenvalue weighted by atomic mass is 32.1. The predicted molar refractivity (Wildman–Crippen MR) is 89.7 cm³/mol. The summed E-state index contributed by atoms with van der Waals surface area (Å²) in [5.41, 5.74) is 0.339. The van der Waals surface area contributed by atoms with E-state index in [1.807, 2.05) is 0 Å². The fraction of sp³-hybridized carbons (Fsp3) is 0.500. The molecule has 0 aromatic carbocycles. The summed E-state index contributed by atoms with van der Waals surface area (Å²) in [5.74, 6) is 0.460. The van der Waals surface area contributed by atoms with Crippen molar-refractivity contribution in [3.05, 3.63) is 39.9 Å². The Labute approximate surface area is 140 Å². The summed E-state index contributed by atoms with van der Waals surface area (Å²) in [6.45, 7) is 6.49. The molecule has 1 aliphatic rings. The number of likely N-dealkylation sites (N-methyl/N-ethyl adjacent to an activating group) is 1. The standard InChI is InChI=1S/C16H22N4O2S/c1-12-10-13(18-22-12)16(21)17-11-14(15-4-3-9-23-15)20-7-5-19(2)6-8-20/h3-4,9-10,14H,5-8,11H2,1-2H3,(H,17,21)/t14-/m0/s1. The molecule has 1 atom stereocenters. The average Bonchev–Trinajstić information content (AvgIpc) is 3.21. The number of thiophene rings is 1. The third-order valence-corrected chi connectivity index (χ3v) is 5.14. The lowest BCUT2D eigenvalue weighted by Crippen LogP contribution is -2.48. The van der Waals surface area contributed by atoms with Crippen molar-refractivity contribution in [1.82, 2.24) is 20.3 Å². The Balaban J connectivity index is 1.66. The van der Waals surface area contributed by atoms with E-state index in [9.17, 15) is 4.79 Å². The molecule has 2 aromatic heterocycles. The smallest absolute Gasteiger partial charge is 0.273 e. The predicted octanol–water partition coefficient (Wildman–Crippen LogP) is 1.76. The summed E-state index contributed by atoms with van der Waals surface area (Å²) in [7, 11) is 2.15. The van der Waals surface area contributed by atoms with Crippen LogP contribution in [0.2, 0.25) is 0 Å². The van der Waals surface area contributed by atoms with Crippen LogP contribution in [0, 0.1) is 6.92 Å². The molecule has 0 radical (unpaired) electrons. The number of piperazine rings is 1. The zero-order valence-electron chi connectivity index (χ0n) is 13.5. The fourth-order valence-corrected chi connectivity index (χ4v) is 3.64. The number of carbonyl (C=O) groups excluding carboxylic acids is 1. The molecule has 1 aliphatic heterocycles. The van der Waals surface area contributed by atoms with E-state index in [4.69, 9.17) is 4.52 Å². The second kappa shape index (κ2) is 7.25. The molecule has 3 rings (SSSR count). The molecule has 0 saturated carbocycles. The highest BCUT2D eigenvalue weighted by molar-refractivity contribution is 7.10. The van der Waals surface area contributed by atoms with Gasteiger partial charge in [-0.1, -0.05) is 11.2 Å². The van der Waals surface area contributed by atoms with Crippen molar-refractivity contribution in [3.8, 4) is 0 Å². The SMILES string of the molecule is Cc1cc(C(=O)NC[C@@H](c2cccs2)N2CCN(C)CC2)no1. The summed E-state index contributed by atoms with van der Waals surface area (Å²) < 4.78 is 4.97. The first-order chi connectivity index (χ1) is 11.1. The van der Waals surface area contributed by atoms with Gasteiger partial charge in [0.15, 0.2) is 5.69 Å². The summed E-state index contributed by atoms with van der Waals surface area (Å²) in [5, 5.41) is 8.86. The van der Waals surface area contributed by atoms with Gasteiger partial charge < -0.3 is 14.7 Å². The molecular weight excluding hydrogens is 312 g/mol. The third-order valence-electron chi connectivity index (χ3n) is 4.17. The Hall–Kier alpha value is -1.70. The molecule has 7 heteroatoms. The van der Waals surface area contributed by atoms with Crippen molar-refractivity contribution in [3.63, 3.8) is 0 Å².